The Kier molecular flexibility index (Phi) is 5.38. The minimum absolute atomic E-state index is 0.106. The summed E-state index contributed by atoms with van der Waals surface area (Å²) >= 11 is 5.36. The highest BCUT2D eigenvalue weighted by atomic mass is 35.5. The number of methoxy groups -OCH3 is 1. The second kappa shape index (κ2) is 7.47. The standard InChI is InChI=1S/C16H15ClN2O3/c1-22-14-9-11(10-15(17)20)7-8-13(14)19-16(21)18-12-5-3-2-4-6-12/h2-9H,10H2,1H3,(H2,18,19,21). The molecule has 2 aromatic carbocycles. The van der Waals surface area contributed by atoms with Gasteiger partial charge in [-0.3, -0.25) is 4.79 Å². The van der Waals surface area contributed by atoms with E-state index in [0.29, 0.717) is 22.7 Å². The molecule has 0 radical (unpaired) electrons. The summed E-state index contributed by atoms with van der Waals surface area (Å²) < 4.78 is 5.22. The van der Waals surface area contributed by atoms with Gasteiger partial charge in [-0.15, -0.1) is 0 Å². The van der Waals surface area contributed by atoms with Gasteiger partial charge in [0.2, 0.25) is 5.24 Å². The summed E-state index contributed by atoms with van der Waals surface area (Å²) in [7, 11) is 1.49. The van der Waals surface area contributed by atoms with Crippen molar-refractivity contribution in [3.63, 3.8) is 0 Å². The number of ether oxygens (including phenoxy) is 1. The molecule has 0 heterocycles. The molecule has 0 aliphatic rings. The largest absolute Gasteiger partial charge is 0.495 e. The van der Waals surface area contributed by atoms with Crippen molar-refractivity contribution in [3.05, 3.63) is 54.1 Å². The van der Waals surface area contributed by atoms with Crippen molar-refractivity contribution in [3.8, 4) is 5.75 Å². The first-order valence-corrected chi connectivity index (χ1v) is 6.94. The molecular formula is C16H15ClN2O3. The van der Waals surface area contributed by atoms with E-state index in [0.717, 1.165) is 0 Å². The number of carbonyl (C=O) groups excluding carboxylic acids is 2. The Labute approximate surface area is 133 Å². The minimum atomic E-state index is -0.454. The zero-order valence-electron chi connectivity index (χ0n) is 11.9. The lowest BCUT2D eigenvalue weighted by molar-refractivity contribution is -0.111. The normalized spacial score (nSPS) is 9.91. The number of carbonyl (C=O) groups is 2. The summed E-state index contributed by atoms with van der Waals surface area (Å²) in [4.78, 5) is 22.9. The van der Waals surface area contributed by atoms with E-state index in [-0.39, 0.29) is 12.5 Å². The average molecular weight is 319 g/mol. The van der Waals surface area contributed by atoms with Gasteiger partial charge in [0.15, 0.2) is 0 Å². The summed E-state index contributed by atoms with van der Waals surface area (Å²) in [6, 6.07) is 13.7. The number of amides is 2. The molecule has 0 saturated heterocycles. The van der Waals surface area contributed by atoms with E-state index >= 15 is 0 Å². The summed E-state index contributed by atoms with van der Waals surface area (Å²) in [5, 5.41) is 4.95. The first-order valence-electron chi connectivity index (χ1n) is 6.57. The van der Waals surface area contributed by atoms with Crippen molar-refractivity contribution >= 4 is 34.2 Å². The van der Waals surface area contributed by atoms with E-state index in [4.69, 9.17) is 16.3 Å². The number of para-hydroxylation sites is 1. The van der Waals surface area contributed by atoms with Gasteiger partial charge in [0.05, 0.1) is 12.8 Å². The summed E-state index contributed by atoms with van der Waals surface area (Å²) in [6.07, 6.45) is 0.106. The lowest BCUT2D eigenvalue weighted by atomic mass is 10.1. The highest BCUT2D eigenvalue weighted by Gasteiger charge is 2.10. The van der Waals surface area contributed by atoms with Crippen molar-refractivity contribution in [2.45, 2.75) is 6.42 Å². The molecule has 2 amide bonds. The fraction of sp³-hybridized carbons (Fsp3) is 0.125. The van der Waals surface area contributed by atoms with Crippen LogP contribution in [0.3, 0.4) is 0 Å². The van der Waals surface area contributed by atoms with E-state index in [1.54, 1.807) is 30.3 Å². The number of nitrogens with one attached hydrogen (secondary N) is 2. The molecule has 5 nitrogen and oxygen atoms in total. The van der Waals surface area contributed by atoms with Crippen LogP contribution in [0.2, 0.25) is 0 Å². The predicted octanol–water partition coefficient (Wildman–Crippen LogP) is 3.65. The molecular weight excluding hydrogens is 304 g/mol. The third-order valence-electron chi connectivity index (χ3n) is 2.89. The maximum absolute atomic E-state index is 12.0. The van der Waals surface area contributed by atoms with Crippen LogP contribution in [0.25, 0.3) is 0 Å². The molecule has 114 valence electrons. The van der Waals surface area contributed by atoms with E-state index < -0.39 is 5.24 Å². The Morgan fingerprint density at radius 1 is 1.09 bits per heavy atom. The smallest absolute Gasteiger partial charge is 0.323 e. The number of urea groups is 1. The Balaban J connectivity index is 2.08. The second-order valence-corrected chi connectivity index (χ2v) is 4.93. The maximum Gasteiger partial charge on any atom is 0.323 e. The highest BCUT2D eigenvalue weighted by molar-refractivity contribution is 6.63. The van der Waals surface area contributed by atoms with Crippen LogP contribution in [0.5, 0.6) is 5.75 Å². The van der Waals surface area contributed by atoms with Gasteiger partial charge >= 0.3 is 6.03 Å². The van der Waals surface area contributed by atoms with Gasteiger partial charge in [-0.25, -0.2) is 4.79 Å². The first-order chi connectivity index (χ1) is 10.6. The Morgan fingerprint density at radius 3 is 2.45 bits per heavy atom. The van der Waals surface area contributed by atoms with Crippen LogP contribution in [0.4, 0.5) is 16.2 Å². The van der Waals surface area contributed by atoms with Gasteiger partial charge in [0.1, 0.15) is 5.75 Å². The lowest BCUT2D eigenvalue weighted by Crippen LogP contribution is -2.19. The van der Waals surface area contributed by atoms with Crippen LogP contribution in [-0.2, 0) is 11.2 Å². The third kappa shape index (κ3) is 4.49. The molecule has 0 spiro atoms. The molecule has 0 bridgehead atoms. The summed E-state index contributed by atoms with van der Waals surface area (Å²) in [5.41, 5.74) is 1.90. The van der Waals surface area contributed by atoms with E-state index in [1.807, 2.05) is 18.2 Å². The molecule has 0 aliphatic heterocycles. The topological polar surface area (TPSA) is 67.4 Å². The molecule has 0 aromatic heterocycles. The highest BCUT2D eigenvalue weighted by Crippen LogP contribution is 2.26. The molecule has 0 unspecified atom stereocenters. The lowest BCUT2D eigenvalue weighted by Gasteiger charge is -2.12. The molecule has 0 saturated carbocycles. The van der Waals surface area contributed by atoms with Gasteiger partial charge in [-0.2, -0.15) is 0 Å². The molecule has 6 heteroatoms. The molecule has 0 fully saturated rings. The molecule has 22 heavy (non-hydrogen) atoms. The fourth-order valence-electron chi connectivity index (χ4n) is 1.92. The van der Waals surface area contributed by atoms with E-state index in [1.165, 1.54) is 7.11 Å². The quantitative estimate of drug-likeness (QED) is 0.827. The SMILES string of the molecule is COc1cc(CC(=O)Cl)ccc1NC(=O)Nc1ccccc1. The number of anilines is 2. The van der Waals surface area contributed by atoms with Crippen molar-refractivity contribution in [1.29, 1.82) is 0 Å². The third-order valence-corrected chi connectivity index (χ3v) is 3.02. The van der Waals surface area contributed by atoms with Crippen molar-refractivity contribution in [2.75, 3.05) is 17.7 Å². The van der Waals surface area contributed by atoms with Crippen LogP contribution in [0, 0.1) is 0 Å². The zero-order valence-corrected chi connectivity index (χ0v) is 12.7. The van der Waals surface area contributed by atoms with Crippen molar-refractivity contribution in [2.24, 2.45) is 0 Å². The fourth-order valence-corrected chi connectivity index (χ4v) is 2.07. The first kappa shape index (κ1) is 15.9. The monoisotopic (exact) mass is 318 g/mol. The number of hydrogen-bond donors (Lipinski definition) is 2. The van der Waals surface area contributed by atoms with Gasteiger partial charge in [-0.1, -0.05) is 24.3 Å². The number of benzene rings is 2. The number of halogens is 1. The number of hydrogen-bond acceptors (Lipinski definition) is 3. The van der Waals surface area contributed by atoms with Crippen molar-refractivity contribution < 1.29 is 14.3 Å². The Hall–Kier alpha value is -2.53. The summed E-state index contributed by atoms with van der Waals surface area (Å²) in [6.45, 7) is 0. The van der Waals surface area contributed by atoms with Gasteiger partial charge in [0, 0.05) is 12.1 Å². The van der Waals surface area contributed by atoms with Crippen LogP contribution >= 0.6 is 11.6 Å². The van der Waals surface area contributed by atoms with Gasteiger partial charge in [0.25, 0.3) is 0 Å². The maximum atomic E-state index is 12.0. The molecule has 2 N–H and O–H groups in total. The summed E-state index contributed by atoms with van der Waals surface area (Å²) in [5.74, 6) is 0.457. The number of rotatable bonds is 5. The second-order valence-electron chi connectivity index (χ2n) is 4.51. The Bertz CT molecular complexity index is 674. The van der Waals surface area contributed by atoms with E-state index in [2.05, 4.69) is 10.6 Å². The van der Waals surface area contributed by atoms with Crippen LogP contribution in [-0.4, -0.2) is 18.4 Å². The van der Waals surface area contributed by atoms with Gasteiger partial charge < -0.3 is 15.4 Å². The van der Waals surface area contributed by atoms with Crippen LogP contribution < -0.4 is 15.4 Å². The average Bonchev–Trinajstić information content (AvgIpc) is 2.49. The molecule has 0 aliphatic carbocycles. The van der Waals surface area contributed by atoms with Crippen LogP contribution in [0.1, 0.15) is 5.56 Å². The minimum Gasteiger partial charge on any atom is -0.495 e. The Morgan fingerprint density at radius 2 is 1.82 bits per heavy atom. The molecule has 2 rings (SSSR count). The van der Waals surface area contributed by atoms with E-state index in [9.17, 15) is 9.59 Å². The van der Waals surface area contributed by atoms with Gasteiger partial charge in [-0.05, 0) is 41.4 Å². The zero-order chi connectivity index (χ0) is 15.9. The van der Waals surface area contributed by atoms with Crippen LogP contribution in [0.15, 0.2) is 48.5 Å². The van der Waals surface area contributed by atoms with Crippen molar-refractivity contribution in [1.82, 2.24) is 0 Å². The molecule has 0 atom stereocenters. The predicted molar refractivity (Wildman–Crippen MR) is 86.6 cm³/mol. The molecule has 2 aromatic rings.